The van der Waals surface area contributed by atoms with Crippen LogP contribution >= 0.6 is 0 Å². The molecule has 0 spiro atoms. The number of rotatable bonds is 7. The predicted octanol–water partition coefficient (Wildman–Crippen LogP) is 2.20. The van der Waals surface area contributed by atoms with E-state index < -0.39 is 0 Å². The van der Waals surface area contributed by atoms with Gasteiger partial charge in [0.15, 0.2) is 0 Å². The van der Waals surface area contributed by atoms with Crippen LogP contribution in [-0.4, -0.2) is 29.5 Å². The summed E-state index contributed by atoms with van der Waals surface area (Å²) >= 11 is 0. The van der Waals surface area contributed by atoms with Crippen molar-refractivity contribution in [1.82, 2.24) is 9.88 Å². The van der Waals surface area contributed by atoms with E-state index in [2.05, 4.69) is 36.7 Å². The molecule has 1 heterocycles. The highest BCUT2D eigenvalue weighted by atomic mass is 15.1. The van der Waals surface area contributed by atoms with Crippen LogP contribution in [-0.2, 0) is 6.54 Å². The summed E-state index contributed by atoms with van der Waals surface area (Å²) in [6.07, 6.45) is 4.92. The SMILES string of the molecule is Cc1cncc(CN(CCCN)CC(C)C)c1. The van der Waals surface area contributed by atoms with Crippen molar-refractivity contribution in [2.45, 2.75) is 33.7 Å². The first-order chi connectivity index (χ1) is 8.11. The van der Waals surface area contributed by atoms with Gasteiger partial charge in [-0.25, -0.2) is 0 Å². The van der Waals surface area contributed by atoms with E-state index in [-0.39, 0.29) is 0 Å². The lowest BCUT2D eigenvalue weighted by Gasteiger charge is -2.24. The average Bonchev–Trinajstić information content (AvgIpc) is 2.25. The van der Waals surface area contributed by atoms with Gasteiger partial charge in [-0.05, 0) is 43.5 Å². The zero-order valence-electron chi connectivity index (χ0n) is 11.3. The van der Waals surface area contributed by atoms with Crippen LogP contribution in [0.3, 0.4) is 0 Å². The molecule has 0 unspecified atom stereocenters. The second-order valence-electron chi connectivity index (χ2n) is 5.14. The van der Waals surface area contributed by atoms with Gasteiger partial charge >= 0.3 is 0 Å². The Labute approximate surface area is 105 Å². The first-order valence-electron chi connectivity index (χ1n) is 6.44. The fourth-order valence-electron chi connectivity index (χ4n) is 2.03. The molecule has 0 bridgehead atoms. The van der Waals surface area contributed by atoms with Crippen molar-refractivity contribution in [1.29, 1.82) is 0 Å². The number of aryl methyl sites for hydroxylation is 1. The number of nitrogens with two attached hydrogens (primary N) is 1. The minimum Gasteiger partial charge on any atom is -0.330 e. The molecular weight excluding hydrogens is 210 g/mol. The minimum absolute atomic E-state index is 0.686. The zero-order chi connectivity index (χ0) is 12.7. The number of nitrogens with zero attached hydrogens (tertiary/aromatic N) is 2. The van der Waals surface area contributed by atoms with E-state index in [1.165, 1.54) is 11.1 Å². The van der Waals surface area contributed by atoms with Gasteiger partial charge in [0.05, 0.1) is 0 Å². The monoisotopic (exact) mass is 235 g/mol. The van der Waals surface area contributed by atoms with Crippen molar-refractivity contribution in [2.75, 3.05) is 19.6 Å². The number of pyridine rings is 1. The van der Waals surface area contributed by atoms with Crippen LogP contribution in [0.4, 0.5) is 0 Å². The maximum atomic E-state index is 5.59. The topological polar surface area (TPSA) is 42.2 Å². The van der Waals surface area contributed by atoms with Crippen molar-refractivity contribution >= 4 is 0 Å². The molecule has 0 saturated carbocycles. The Morgan fingerprint density at radius 2 is 2.12 bits per heavy atom. The van der Waals surface area contributed by atoms with E-state index in [1.807, 2.05) is 12.4 Å². The molecule has 0 amide bonds. The Morgan fingerprint density at radius 3 is 2.71 bits per heavy atom. The molecule has 1 aromatic rings. The fraction of sp³-hybridized carbons (Fsp3) is 0.643. The highest BCUT2D eigenvalue weighted by molar-refractivity contribution is 5.16. The molecule has 1 aromatic heterocycles. The number of hydrogen-bond donors (Lipinski definition) is 1. The van der Waals surface area contributed by atoms with E-state index >= 15 is 0 Å². The first-order valence-corrected chi connectivity index (χ1v) is 6.44. The summed E-state index contributed by atoms with van der Waals surface area (Å²) in [5.41, 5.74) is 8.11. The van der Waals surface area contributed by atoms with Gasteiger partial charge in [-0.1, -0.05) is 19.9 Å². The Bertz CT molecular complexity index is 323. The Kier molecular flexibility index (Phi) is 6.16. The van der Waals surface area contributed by atoms with E-state index in [0.717, 1.165) is 32.6 Å². The van der Waals surface area contributed by atoms with Gasteiger partial charge in [-0.15, -0.1) is 0 Å². The molecule has 3 heteroatoms. The summed E-state index contributed by atoms with van der Waals surface area (Å²) in [6, 6.07) is 2.21. The van der Waals surface area contributed by atoms with Crippen LogP contribution in [0.25, 0.3) is 0 Å². The largest absolute Gasteiger partial charge is 0.330 e. The second-order valence-corrected chi connectivity index (χ2v) is 5.14. The van der Waals surface area contributed by atoms with Gasteiger partial charge in [0, 0.05) is 25.5 Å². The fourth-order valence-corrected chi connectivity index (χ4v) is 2.03. The third-order valence-electron chi connectivity index (χ3n) is 2.64. The quantitative estimate of drug-likeness (QED) is 0.788. The summed E-state index contributed by atoms with van der Waals surface area (Å²) in [7, 11) is 0. The molecule has 3 nitrogen and oxygen atoms in total. The molecule has 0 aliphatic carbocycles. The molecule has 0 atom stereocenters. The zero-order valence-corrected chi connectivity index (χ0v) is 11.3. The standard InChI is InChI=1S/C14H25N3/c1-12(2)10-17(6-4-5-15)11-14-7-13(3)8-16-9-14/h7-9,12H,4-6,10-11,15H2,1-3H3. The number of hydrogen-bond acceptors (Lipinski definition) is 3. The summed E-state index contributed by atoms with van der Waals surface area (Å²) in [6.45, 7) is 10.5. The van der Waals surface area contributed by atoms with Gasteiger partial charge in [-0.2, -0.15) is 0 Å². The molecule has 0 fully saturated rings. The lowest BCUT2D eigenvalue weighted by atomic mass is 10.1. The molecule has 0 aromatic carbocycles. The normalized spacial score (nSPS) is 11.4. The summed E-state index contributed by atoms with van der Waals surface area (Å²) < 4.78 is 0. The Morgan fingerprint density at radius 1 is 1.35 bits per heavy atom. The highest BCUT2D eigenvalue weighted by Crippen LogP contribution is 2.08. The molecule has 0 radical (unpaired) electrons. The maximum Gasteiger partial charge on any atom is 0.0313 e. The molecule has 1 rings (SSSR count). The lowest BCUT2D eigenvalue weighted by molar-refractivity contribution is 0.234. The third kappa shape index (κ3) is 5.80. The minimum atomic E-state index is 0.686. The Hall–Kier alpha value is -0.930. The molecule has 0 aliphatic rings. The third-order valence-corrected chi connectivity index (χ3v) is 2.64. The molecule has 2 N–H and O–H groups in total. The van der Waals surface area contributed by atoms with E-state index in [0.29, 0.717) is 5.92 Å². The van der Waals surface area contributed by atoms with Crippen molar-refractivity contribution in [3.63, 3.8) is 0 Å². The van der Waals surface area contributed by atoms with Crippen molar-refractivity contribution < 1.29 is 0 Å². The van der Waals surface area contributed by atoms with Crippen LogP contribution in [0.15, 0.2) is 18.5 Å². The lowest BCUT2D eigenvalue weighted by Crippen LogP contribution is -2.29. The van der Waals surface area contributed by atoms with E-state index in [9.17, 15) is 0 Å². The highest BCUT2D eigenvalue weighted by Gasteiger charge is 2.08. The van der Waals surface area contributed by atoms with Gasteiger partial charge in [0.25, 0.3) is 0 Å². The summed E-state index contributed by atoms with van der Waals surface area (Å²) in [5, 5.41) is 0. The molecule has 96 valence electrons. The average molecular weight is 235 g/mol. The van der Waals surface area contributed by atoms with Gasteiger partial charge in [0.1, 0.15) is 0 Å². The number of aromatic nitrogens is 1. The van der Waals surface area contributed by atoms with Crippen LogP contribution in [0.5, 0.6) is 0 Å². The smallest absolute Gasteiger partial charge is 0.0313 e. The molecule has 0 aliphatic heterocycles. The van der Waals surface area contributed by atoms with Gasteiger partial charge in [-0.3, -0.25) is 9.88 Å². The molecular formula is C14H25N3. The summed E-state index contributed by atoms with van der Waals surface area (Å²) in [5.74, 6) is 0.686. The summed E-state index contributed by atoms with van der Waals surface area (Å²) in [4.78, 5) is 6.71. The van der Waals surface area contributed by atoms with Crippen LogP contribution in [0, 0.1) is 12.8 Å². The van der Waals surface area contributed by atoms with E-state index in [1.54, 1.807) is 0 Å². The molecule has 0 saturated heterocycles. The van der Waals surface area contributed by atoms with Gasteiger partial charge in [0.2, 0.25) is 0 Å². The maximum absolute atomic E-state index is 5.59. The van der Waals surface area contributed by atoms with Crippen molar-refractivity contribution in [3.05, 3.63) is 29.6 Å². The first kappa shape index (κ1) is 14.1. The van der Waals surface area contributed by atoms with Crippen LogP contribution < -0.4 is 5.73 Å². The van der Waals surface area contributed by atoms with Crippen molar-refractivity contribution in [3.8, 4) is 0 Å². The van der Waals surface area contributed by atoms with Crippen LogP contribution in [0.1, 0.15) is 31.4 Å². The van der Waals surface area contributed by atoms with Crippen molar-refractivity contribution in [2.24, 2.45) is 11.7 Å². The van der Waals surface area contributed by atoms with Gasteiger partial charge < -0.3 is 5.73 Å². The Balaban J connectivity index is 2.58. The predicted molar refractivity (Wildman–Crippen MR) is 72.8 cm³/mol. The second kappa shape index (κ2) is 7.41. The van der Waals surface area contributed by atoms with Crippen LogP contribution in [0.2, 0.25) is 0 Å². The van der Waals surface area contributed by atoms with E-state index in [4.69, 9.17) is 5.73 Å². The molecule has 17 heavy (non-hydrogen) atoms.